The van der Waals surface area contributed by atoms with Crippen LogP contribution in [-0.4, -0.2) is 18.3 Å². The second kappa shape index (κ2) is 11.6. The summed E-state index contributed by atoms with van der Waals surface area (Å²) in [7, 11) is 1.89. The Morgan fingerprint density at radius 3 is 2.35 bits per heavy atom. The first-order valence-corrected chi connectivity index (χ1v) is 9.97. The van der Waals surface area contributed by atoms with E-state index in [4.69, 9.17) is 0 Å². The molecule has 0 spiro atoms. The summed E-state index contributed by atoms with van der Waals surface area (Å²) in [6, 6.07) is 11.2. The highest BCUT2D eigenvalue weighted by molar-refractivity contribution is 8.14. The van der Waals surface area contributed by atoms with Gasteiger partial charge in [-0.05, 0) is 31.2 Å². The third-order valence-electron chi connectivity index (χ3n) is 4.47. The van der Waals surface area contributed by atoms with Gasteiger partial charge in [-0.3, -0.25) is 4.99 Å². The average Bonchev–Trinajstić information content (AvgIpc) is 2.60. The molecule has 3 heteroatoms. The molecular weight excluding hydrogens is 300 g/mol. The summed E-state index contributed by atoms with van der Waals surface area (Å²) >= 11 is 1.83. The van der Waals surface area contributed by atoms with Gasteiger partial charge in [0.15, 0.2) is 5.17 Å². The van der Waals surface area contributed by atoms with Crippen LogP contribution < -0.4 is 5.32 Å². The summed E-state index contributed by atoms with van der Waals surface area (Å²) < 4.78 is 0. The fourth-order valence-corrected chi connectivity index (χ4v) is 3.88. The normalized spacial score (nSPS) is 16.0. The van der Waals surface area contributed by atoms with E-state index >= 15 is 0 Å². The van der Waals surface area contributed by atoms with Crippen molar-refractivity contribution in [1.82, 2.24) is 5.32 Å². The standard InChI is InChI=1S/C20H34N2S/c1-6-12-17(7-2)15-19(8-3)22-20(21-5)23-16(4)18-13-10-9-11-14-18/h9-11,13-14,16-17,19H,6-8,12,15H2,1-5H3,(H,21,22). The van der Waals surface area contributed by atoms with Gasteiger partial charge in [0.05, 0.1) is 0 Å². The lowest BCUT2D eigenvalue weighted by Gasteiger charge is -2.25. The van der Waals surface area contributed by atoms with Crippen molar-refractivity contribution < 1.29 is 0 Å². The maximum absolute atomic E-state index is 4.49. The summed E-state index contributed by atoms with van der Waals surface area (Å²) in [5.74, 6) is 0.826. The maximum Gasteiger partial charge on any atom is 0.157 e. The predicted octanol–water partition coefficient (Wildman–Crippen LogP) is 6.05. The first kappa shape index (κ1) is 20.1. The minimum atomic E-state index is 0.414. The lowest BCUT2D eigenvalue weighted by Crippen LogP contribution is -2.34. The molecule has 0 aliphatic heterocycles. The minimum absolute atomic E-state index is 0.414. The Labute approximate surface area is 147 Å². The number of aliphatic imine (C=N–C) groups is 1. The Kier molecular flexibility index (Phi) is 10.1. The number of thioether (sulfide) groups is 1. The van der Waals surface area contributed by atoms with Crippen LogP contribution in [-0.2, 0) is 0 Å². The first-order valence-electron chi connectivity index (χ1n) is 9.09. The SMILES string of the molecule is CCCC(CC)CC(CC)NC(=NC)SC(C)c1ccccc1. The number of nitrogens with one attached hydrogen (secondary N) is 1. The Bertz CT molecular complexity index is 444. The number of nitrogens with zero attached hydrogens (tertiary/aromatic N) is 1. The van der Waals surface area contributed by atoms with Crippen LogP contribution in [0.1, 0.15) is 70.6 Å². The van der Waals surface area contributed by atoms with Gasteiger partial charge in [-0.2, -0.15) is 0 Å². The molecule has 1 aromatic carbocycles. The second-order valence-electron chi connectivity index (χ2n) is 6.25. The van der Waals surface area contributed by atoms with Crippen molar-refractivity contribution in [2.24, 2.45) is 10.9 Å². The third-order valence-corrected chi connectivity index (χ3v) is 5.62. The number of benzene rings is 1. The predicted molar refractivity (Wildman–Crippen MR) is 106 cm³/mol. The molecule has 3 unspecified atom stereocenters. The van der Waals surface area contributed by atoms with Crippen LogP contribution in [0, 0.1) is 5.92 Å². The maximum atomic E-state index is 4.49. The number of amidine groups is 1. The van der Waals surface area contributed by atoms with Gasteiger partial charge in [0.1, 0.15) is 0 Å². The van der Waals surface area contributed by atoms with Gasteiger partial charge >= 0.3 is 0 Å². The van der Waals surface area contributed by atoms with Crippen LogP contribution in [0.2, 0.25) is 0 Å². The van der Waals surface area contributed by atoms with Crippen LogP contribution >= 0.6 is 11.8 Å². The molecule has 23 heavy (non-hydrogen) atoms. The monoisotopic (exact) mass is 334 g/mol. The average molecular weight is 335 g/mol. The molecule has 0 aliphatic carbocycles. The summed E-state index contributed by atoms with van der Waals surface area (Å²) in [5.41, 5.74) is 1.35. The zero-order chi connectivity index (χ0) is 17.1. The fourth-order valence-electron chi connectivity index (χ4n) is 2.91. The Morgan fingerprint density at radius 1 is 1.13 bits per heavy atom. The quantitative estimate of drug-likeness (QED) is 0.439. The topological polar surface area (TPSA) is 24.4 Å². The third kappa shape index (κ3) is 7.43. The summed E-state index contributed by atoms with van der Waals surface area (Å²) in [6.07, 6.45) is 6.29. The van der Waals surface area contributed by atoms with Gasteiger partial charge in [-0.1, -0.05) is 82.1 Å². The van der Waals surface area contributed by atoms with Crippen molar-refractivity contribution in [3.05, 3.63) is 35.9 Å². The molecule has 3 atom stereocenters. The molecule has 2 nitrogen and oxygen atoms in total. The summed E-state index contributed by atoms with van der Waals surface area (Å²) in [4.78, 5) is 4.49. The summed E-state index contributed by atoms with van der Waals surface area (Å²) in [5, 5.41) is 5.17. The van der Waals surface area contributed by atoms with E-state index in [1.807, 2.05) is 18.8 Å². The van der Waals surface area contributed by atoms with E-state index in [1.54, 1.807) is 0 Å². The molecule has 0 fully saturated rings. The van der Waals surface area contributed by atoms with E-state index in [9.17, 15) is 0 Å². The molecule has 0 saturated heterocycles. The van der Waals surface area contributed by atoms with Crippen LogP contribution in [0.15, 0.2) is 35.3 Å². The van der Waals surface area contributed by atoms with Crippen molar-refractivity contribution in [1.29, 1.82) is 0 Å². The smallest absolute Gasteiger partial charge is 0.157 e. The van der Waals surface area contributed by atoms with Gasteiger partial charge in [0, 0.05) is 18.3 Å². The van der Waals surface area contributed by atoms with E-state index in [2.05, 4.69) is 68.3 Å². The number of hydrogen-bond acceptors (Lipinski definition) is 2. The highest BCUT2D eigenvalue weighted by Gasteiger charge is 2.17. The minimum Gasteiger partial charge on any atom is -0.362 e. The molecule has 1 rings (SSSR count). The largest absolute Gasteiger partial charge is 0.362 e. The number of rotatable bonds is 9. The lowest BCUT2D eigenvalue weighted by atomic mass is 9.92. The molecule has 130 valence electrons. The molecule has 0 heterocycles. The second-order valence-corrected chi connectivity index (χ2v) is 7.58. The molecule has 0 saturated carbocycles. The Hall–Kier alpha value is -0.960. The molecule has 0 aromatic heterocycles. The van der Waals surface area contributed by atoms with Crippen molar-refractivity contribution in [3.8, 4) is 0 Å². The van der Waals surface area contributed by atoms with Crippen LogP contribution in [0.4, 0.5) is 0 Å². The Balaban J connectivity index is 2.59. The lowest BCUT2D eigenvalue weighted by molar-refractivity contribution is 0.372. The van der Waals surface area contributed by atoms with Gasteiger partial charge in [-0.25, -0.2) is 0 Å². The van der Waals surface area contributed by atoms with E-state index in [0.29, 0.717) is 11.3 Å². The van der Waals surface area contributed by atoms with Crippen molar-refractivity contribution in [2.45, 2.75) is 71.1 Å². The molecule has 1 aromatic rings. The van der Waals surface area contributed by atoms with Crippen molar-refractivity contribution in [2.75, 3.05) is 7.05 Å². The first-order chi connectivity index (χ1) is 11.1. The van der Waals surface area contributed by atoms with Gasteiger partial charge in [-0.15, -0.1) is 0 Å². The zero-order valence-electron chi connectivity index (χ0n) is 15.5. The molecule has 0 aliphatic rings. The number of hydrogen-bond donors (Lipinski definition) is 1. The van der Waals surface area contributed by atoms with Crippen molar-refractivity contribution >= 4 is 16.9 Å². The molecular formula is C20H34N2S. The Morgan fingerprint density at radius 2 is 1.83 bits per heavy atom. The zero-order valence-corrected chi connectivity index (χ0v) is 16.3. The van der Waals surface area contributed by atoms with E-state index in [-0.39, 0.29) is 0 Å². The van der Waals surface area contributed by atoms with Gasteiger partial charge in [0.2, 0.25) is 0 Å². The highest BCUT2D eigenvalue weighted by Crippen LogP contribution is 2.29. The van der Waals surface area contributed by atoms with E-state index in [0.717, 1.165) is 17.5 Å². The molecule has 1 N–H and O–H groups in total. The fraction of sp³-hybridized carbons (Fsp3) is 0.650. The summed E-state index contributed by atoms with van der Waals surface area (Å²) in [6.45, 7) is 9.12. The molecule has 0 bridgehead atoms. The van der Waals surface area contributed by atoms with Crippen LogP contribution in [0.3, 0.4) is 0 Å². The van der Waals surface area contributed by atoms with Crippen LogP contribution in [0.5, 0.6) is 0 Å². The van der Waals surface area contributed by atoms with Crippen molar-refractivity contribution in [3.63, 3.8) is 0 Å². The van der Waals surface area contributed by atoms with E-state index < -0.39 is 0 Å². The molecule has 0 amide bonds. The van der Waals surface area contributed by atoms with Gasteiger partial charge < -0.3 is 5.32 Å². The van der Waals surface area contributed by atoms with Gasteiger partial charge in [0.25, 0.3) is 0 Å². The van der Waals surface area contributed by atoms with Crippen LogP contribution in [0.25, 0.3) is 0 Å². The highest BCUT2D eigenvalue weighted by atomic mass is 32.2. The molecule has 0 radical (unpaired) electrons. The van der Waals surface area contributed by atoms with E-state index in [1.165, 1.54) is 31.2 Å².